The maximum Gasteiger partial charge on any atom is 0.219 e. The van der Waals surface area contributed by atoms with Crippen LogP contribution in [0.25, 0.3) is 0 Å². The van der Waals surface area contributed by atoms with Crippen LogP contribution in [0.3, 0.4) is 0 Å². The molecule has 86 valence electrons. The predicted molar refractivity (Wildman–Crippen MR) is 56.1 cm³/mol. The molecule has 2 aromatic rings. The van der Waals surface area contributed by atoms with E-state index in [1.54, 1.807) is 0 Å². The number of nitrogens with zero attached hydrogens (tertiary/aromatic N) is 1. The Labute approximate surface area is 95.7 Å². The fourth-order valence-electron chi connectivity index (χ4n) is 1.23. The number of ether oxygens (including phenoxy) is 1. The molecule has 0 saturated carbocycles. The number of pyridine rings is 1. The minimum absolute atomic E-state index is 0.00820. The number of aromatic nitrogens is 1. The number of hydrogen-bond donors (Lipinski definition) is 0. The van der Waals surface area contributed by atoms with Crippen LogP contribution in [0.4, 0.5) is 8.78 Å². The Morgan fingerprint density at radius 3 is 2.35 bits per heavy atom. The molecule has 0 aliphatic heterocycles. The van der Waals surface area contributed by atoms with Gasteiger partial charge in [0, 0.05) is 36.0 Å². The molecule has 0 N–H and O–H groups in total. The number of benzene rings is 1. The lowest BCUT2D eigenvalue weighted by molar-refractivity contribution is 0.112. The summed E-state index contributed by atoms with van der Waals surface area (Å²) in [6.07, 6.45) is 1.94. The minimum atomic E-state index is -0.732. The van der Waals surface area contributed by atoms with Crippen molar-refractivity contribution in [2.75, 3.05) is 0 Å². The molecule has 2 rings (SSSR count). The van der Waals surface area contributed by atoms with Gasteiger partial charge >= 0.3 is 0 Å². The van der Waals surface area contributed by atoms with E-state index in [0.29, 0.717) is 11.8 Å². The summed E-state index contributed by atoms with van der Waals surface area (Å²) in [4.78, 5) is 14.2. The molecule has 0 unspecified atom stereocenters. The van der Waals surface area contributed by atoms with Crippen LogP contribution in [-0.2, 0) is 0 Å². The zero-order valence-electron chi connectivity index (χ0n) is 8.56. The second-order valence-electron chi connectivity index (χ2n) is 3.25. The van der Waals surface area contributed by atoms with Gasteiger partial charge in [0.15, 0.2) is 6.29 Å². The largest absolute Gasteiger partial charge is 0.439 e. The number of rotatable bonds is 3. The monoisotopic (exact) mass is 235 g/mol. The molecule has 0 saturated heterocycles. The van der Waals surface area contributed by atoms with Crippen molar-refractivity contribution in [1.82, 2.24) is 4.98 Å². The third kappa shape index (κ3) is 2.84. The highest BCUT2D eigenvalue weighted by Gasteiger charge is 2.03. The number of carbonyl (C=O) groups is 1. The summed E-state index contributed by atoms with van der Waals surface area (Å²) in [6.45, 7) is 0. The molecule has 5 heteroatoms. The lowest BCUT2D eigenvalue weighted by atomic mass is 10.3. The van der Waals surface area contributed by atoms with Gasteiger partial charge in [-0.05, 0) is 6.07 Å². The second-order valence-corrected chi connectivity index (χ2v) is 3.25. The number of hydrogen-bond acceptors (Lipinski definition) is 3. The zero-order chi connectivity index (χ0) is 12.3. The summed E-state index contributed by atoms with van der Waals surface area (Å²) in [5.74, 6) is -1.30. The number of carbonyl (C=O) groups excluding carboxylic acids is 1. The molecule has 0 radical (unpaired) electrons. The van der Waals surface area contributed by atoms with Gasteiger partial charge in [0.2, 0.25) is 5.88 Å². The van der Waals surface area contributed by atoms with Crippen molar-refractivity contribution in [3.63, 3.8) is 0 Å². The summed E-state index contributed by atoms with van der Waals surface area (Å²) >= 11 is 0. The molecular formula is C12H7F2NO2. The molecule has 1 heterocycles. The van der Waals surface area contributed by atoms with Gasteiger partial charge in [-0.1, -0.05) is 0 Å². The van der Waals surface area contributed by atoms with E-state index in [0.717, 1.165) is 18.2 Å². The van der Waals surface area contributed by atoms with Gasteiger partial charge in [-0.15, -0.1) is 0 Å². The van der Waals surface area contributed by atoms with Crippen LogP contribution in [0, 0.1) is 11.6 Å². The molecule has 0 aliphatic carbocycles. The highest BCUT2D eigenvalue weighted by Crippen LogP contribution is 2.21. The van der Waals surface area contributed by atoms with Crippen LogP contribution < -0.4 is 4.74 Å². The Kier molecular flexibility index (Phi) is 3.09. The fraction of sp³-hybridized carbons (Fsp3) is 0. The van der Waals surface area contributed by atoms with Crippen LogP contribution in [0.5, 0.6) is 11.6 Å². The van der Waals surface area contributed by atoms with Crippen molar-refractivity contribution in [2.45, 2.75) is 0 Å². The highest BCUT2D eigenvalue weighted by molar-refractivity contribution is 5.74. The van der Waals surface area contributed by atoms with Crippen molar-refractivity contribution < 1.29 is 18.3 Å². The summed E-state index contributed by atoms with van der Waals surface area (Å²) in [6, 6.07) is 5.75. The Morgan fingerprint density at radius 1 is 1.12 bits per heavy atom. The number of halogens is 2. The summed E-state index contributed by atoms with van der Waals surface area (Å²) in [5, 5.41) is 0. The minimum Gasteiger partial charge on any atom is -0.439 e. The topological polar surface area (TPSA) is 39.2 Å². The van der Waals surface area contributed by atoms with Gasteiger partial charge in [0.05, 0.1) is 0 Å². The van der Waals surface area contributed by atoms with Crippen LogP contribution in [0.2, 0.25) is 0 Å². The van der Waals surface area contributed by atoms with Crippen LogP contribution >= 0.6 is 0 Å². The SMILES string of the molecule is O=Cc1ccc(Oc2cc(F)cc(F)c2)nc1. The molecule has 0 aliphatic rings. The Balaban J connectivity index is 2.21. The first-order valence-electron chi connectivity index (χ1n) is 4.72. The molecule has 0 bridgehead atoms. The van der Waals surface area contributed by atoms with Gasteiger partial charge in [0.1, 0.15) is 17.4 Å². The molecular weight excluding hydrogens is 228 g/mol. The Morgan fingerprint density at radius 2 is 1.82 bits per heavy atom. The van der Waals surface area contributed by atoms with E-state index in [2.05, 4.69) is 4.98 Å². The standard InChI is InChI=1S/C12H7F2NO2/c13-9-3-10(14)5-11(4-9)17-12-2-1-8(7-16)6-15-12/h1-7H. The molecule has 0 atom stereocenters. The van der Waals surface area contributed by atoms with Gasteiger partial charge in [0.25, 0.3) is 0 Å². The third-order valence-electron chi connectivity index (χ3n) is 1.95. The smallest absolute Gasteiger partial charge is 0.219 e. The van der Waals surface area contributed by atoms with Crippen molar-refractivity contribution in [3.05, 3.63) is 53.7 Å². The van der Waals surface area contributed by atoms with E-state index in [-0.39, 0.29) is 11.6 Å². The van der Waals surface area contributed by atoms with Crippen molar-refractivity contribution >= 4 is 6.29 Å². The van der Waals surface area contributed by atoms with E-state index in [1.165, 1.54) is 18.3 Å². The summed E-state index contributed by atoms with van der Waals surface area (Å²) < 4.78 is 30.9. The lowest BCUT2D eigenvalue weighted by Gasteiger charge is -2.04. The molecule has 0 amide bonds. The van der Waals surface area contributed by atoms with Gasteiger partial charge in [-0.2, -0.15) is 0 Å². The van der Waals surface area contributed by atoms with E-state index in [1.807, 2.05) is 0 Å². The number of aldehydes is 1. The van der Waals surface area contributed by atoms with Crippen molar-refractivity contribution in [3.8, 4) is 11.6 Å². The first-order chi connectivity index (χ1) is 8.17. The Bertz CT molecular complexity index is 520. The normalized spacial score (nSPS) is 10.0. The molecule has 0 fully saturated rings. The van der Waals surface area contributed by atoms with Crippen molar-refractivity contribution in [1.29, 1.82) is 0 Å². The van der Waals surface area contributed by atoms with Gasteiger partial charge in [-0.25, -0.2) is 13.8 Å². The van der Waals surface area contributed by atoms with Gasteiger partial charge in [-0.3, -0.25) is 4.79 Å². The maximum atomic E-state index is 12.9. The molecule has 17 heavy (non-hydrogen) atoms. The van der Waals surface area contributed by atoms with Crippen LogP contribution in [0.15, 0.2) is 36.5 Å². The molecule has 1 aromatic heterocycles. The van der Waals surface area contributed by atoms with E-state index >= 15 is 0 Å². The Hall–Kier alpha value is -2.30. The van der Waals surface area contributed by atoms with Crippen LogP contribution in [0.1, 0.15) is 10.4 Å². The molecule has 0 spiro atoms. The average Bonchev–Trinajstić information content (AvgIpc) is 2.28. The van der Waals surface area contributed by atoms with E-state index < -0.39 is 11.6 Å². The van der Waals surface area contributed by atoms with E-state index in [9.17, 15) is 13.6 Å². The second kappa shape index (κ2) is 4.69. The van der Waals surface area contributed by atoms with Crippen molar-refractivity contribution in [2.24, 2.45) is 0 Å². The summed E-state index contributed by atoms with van der Waals surface area (Å²) in [5.41, 5.74) is 0.391. The first kappa shape index (κ1) is 11.2. The average molecular weight is 235 g/mol. The van der Waals surface area contributed by atoms with Gasteiger partial charge < -0.3 is 4.74 Å². The molecule has 1 aromatic carbocycles. The quantitative estimate of drug-likeness (QED) is 0.768. The first-order valence-corrected chi connectivity index (χ1v) is 4.72. The van der Waals surface area contributed by atoms with Crippen LogP contribution in [-0.4, -0.2) is 11.3 Å². The highest BCUT2D eigenvalue weighted by atomic mass is 19.1. The lowest BCUT2D eigenvalue weighted by Crippen LogP contribution is -1.91. The summed E-state index contributed by atoms with van der Waals surface area (Å²) in [7, 11) is 0. The predicted octanol–water partition coefficient (Wildman–Crippen LogP) is 2.96. The molecule has 3 nitrogen and oxygen atoms in total. The third-order valence-corrected chi connectivity index (χ3v) is 1.95. The zero-order valence-corrected chi connectivity index (χ0v) is 8.56. The van der Waals surface area contributed by atoms with E-state index in [4.69, 9.17) is 4.74 Å². The maximum absolute atomic E-state index is 12.9. The fourth-order valence-corrected chi connectivity index (χ4v) is 1.23.